The molecule has 0 bridgehead atoms. The quantitative estimate of drug-likeness (QED) is 0.731. The fourth-order valence-electron chi connectivity index (χ4n) is 1.70. The summed E-state index contributed by atoms with van der Waals surface area (Å²) < 4.78 is 0. The van der Waals surface area contributed by atoms with Crippen molar-refractivity contribution in [2.45, 2.75) is 20.3 Å². The zero-order valence-electron chi connectivity index (χ0n) is 9.97. The number of benzene rings is 1. The number of hydrogen-bond acceptors (Lipinski definition) is 2. The minimum absolute atomic E-state index is 0.438. The molecule has 1 heterocycles. The minimum atomic E-state index is 0.438. The van der Waals surface area contributed by atoms with E-state index in [-0.39, 0.29) is 0 Å². The van der Waals surface area contributed by atoms with E-state index in [0.717, 1.165) is 17.7 Å². The molecule has 0 spiro atoms. The molecule has 0 saturated heterocycles. The molecule has 0 N–H and O–H groups in total. The third kappa shape index (κ3) is 2.46. The van der Waals surface area contributed by atoms with E-state index >= 15 is 0 Å². The SMILES string of the molecule is CCc1nc(-c2c(Cl)cccc2Cl)nc(Cl)c1C. The Morgan fingerprint density at radius 3 is 2.22 bits per heavy atom. The molecule has 2 rings (SSSR count). The number of rotatable bonds is 2. The first kappa shape index (κ1) is 13.6. The fraction of sp³-hybridized carbons (Fsp3) is 0.231. The third-order valence-corrected chi connectivity index (χ3v) is 3.71. The average molecular weight is 302 g/mol. The molecule has 2 nitrogen and oxygen atoms in total. The van der Waals surface area contributed by atoms with Gasteiger partial charge in [-0.2, -0.15) is 0 Å². The van der Waals surface area contributed by atoms with Gasteiger partial charge in [0.25, 0.3) is 0 Å². The highest BCUT2D eigenvalue weighted by Crippen LogP contribution is 2.33. The van der Waals surface area contributed by atoms with Crippen LogP contribution in [0.25, 0.3) is 11.4 Å². The lowest BCUT2D eigenvalue weighted by molar-refractivity contribution is 0.977. The number of nitrogens with zero attached hydrogens (tertiary/aromatic N) is 2. The molecule has 0 saturated carbocycles. The van der Waals surface area contributed by atoms with Crippen molar-refractivity contribution in [1.82, 2.24) is 9.97 Å². The van der Waals surface area contributed by atoms with Crippen molar-refractivity contribution in [2.24, 2.45) is 0 Å². The van der Waals surface area contributed by atoms with E-state index in [2.05, 4.69) is 9.97 Å². The van der Waals surface area contributed by atoms with Crippen LogP contribution >= 0.6 is 34.8 Å². The van der Waals surface area contributed by atoms with Crippen LogP contribution in [0.2, 0.25) is 15.2 Å². The van der Waals surface area contributed by atoms with Gasteiger partial charge in [-0.3, -0.25) is 0 Å². The second-order valence-electron chi connectivity index (χ2n) is 3.86. The molecule has 1 aromatic carbocycles. The van der Waals surface area contributed by atoms with E-state index in [1.165, 1.54) is 0 Å². The maximum Gasteiger partial charge on any atom is 0.164 e. The van der Waals surface area contributed by atoms with Gasteiger partial charge in [-0.15, -0.1) is 0 Å². The van der Waals surface area contributed by atoms with Gasteiger partial charge in [0.1, 0.15) is 5.15 Å². The van der Waals surface area contributed by atoms with E-state index in [1.807, 2.05) is 13.8 Å². The van der Waals surface area contributed by atoms with Crippen LogP contribution in [0.5, 0.6) is 0 Å². The number of aromatic nitrogens is 2. The van der Waals surface area contributed by atoms with Gasteiger partial charge in [0.05, 0.1) is 15.6 Å². The predicted octanol–water partition coefficient (Wildman–Crippen LogP) is 4.97. The van der Waals surface area contributed by atoms with Crippen LogP contribution < -0.4 is 0 Å². The Morgan fingerprint density at radius 2 is 1.67 bits per heavy atom. The molecule has 0 aliphatic carbocycles. The topological polar surface area (TPSA) is 25.8 Å². The van der Waals surface area contributed by atoms with Crippen molar-refractivity contribution < 1.29 is 0 Å². The number of halogens is 3. The van der Waals surface area contributed by atoms with Gasteiger partial charge in [-0.25, -0.2) is 9.97 Å². The minimum Gasteiger partial charge on any atom is -0.233 e. The van der Waals surface area contributed by atoms with Crippen LogP contribution in [0.15, 0.2) is 18.2 Å². The van der Waals surface area contributed by atoms with Crippen molar-refractivity contribution in [3.63, 3.8) is 0 Å². The van der Waals surface area contributed by atoms with Crippen LogP contribution in [0.3, 0.4) is 0 Å². The first-order valence-electron chi connectivity index (χ1n) is 5.52. The molecule has 0 amide bonds. The number of hydrogen-bond donors (Lipinski definition) is 0. The Morgan fingerprint density at radius 1 is 1.06 bits per heavy atom. The van der Waals surface area contributed by atoms with E-state index in [1.54, 1.807) is 18.2 Å². The lowest BCUT2D eigenvalue weighted by Crippen LogP contribution is -2.00. The van der Waals surface area contributed by atoms with Crippen molar-refractivity contribution >= 4 is 34.8 Å². The smallest absolute Gasteiger partial charge is 0.164 e. The summed E-state index contributed by atoms with van der Waals surface area (Å²) in [6.07, 6.45) is 0.781. The Labute approximate surface area is 121 Å². The Hall–Kier alpha value is -0.830. The van der Waals surface area contributed by atoms with Gasteiger partial charge < -0.3 is 0 Å². The molecular formula is C13H11Cl3N2. The molecule has 0 atom stereocenters. The van der Waals surface area contributed by atoms with Crippen molar-refractivity contribution in [3.05, 3.63) is 44.7 Å². The standard InChI is InChI=1S/C13H11Cl3N2/c1-3-10-7(2)12(16)18-13(17-10)11-8(14)5-4-6-9(11)15/h4-6H,3H2,1-2H3. The summed E-state index contributed by atoms with van der Waals surface area (Å²) in [4.78, 5) is 8.74. The third-order valence-electron chi connectivity index (χ3n) is 2.71. The molecular weight excluding hydrogens is 291 g/mol. The monoisotopic (exact) mass is 300 g/mol. The molecule has 0 radical (unpaired) electrons. The predicted molar refractivity (Wildman–Crippen MR) is 76.6 cm³/mol. The Kier molecular flexibility index (Phi) is 4.10. The van der Waals surface area contributed by atoms with Crippen LogP contribution in [-0.4, -0.2) is 9.97 Å². The van der Waals surface area contributed by atoms with Gasteiger partial charge in [0.15, 0.2) is 5.82 Å². The Balaban J connectivity index is 2.68. The first-order chi connectivity index (χ1) is 8.54. The lowest BCUT2D eigenvalue weighted by Gasteiger charge is -2.10. The maximum atomic E-state index is 6.14. The van der Waals surface area contributed by atoms with Crippen LogP contribution in [0.4, 0.5) is 0 Å². The highest BCUT2D eigenvalue weighted by molar-refractivity contribution is 6.39. The molecule has 0 aliphatic rings. The summed E-state index contributed by atoms with van der Waals surface area (Å²) in [6.45, 7) is 3.92. The number of aryl methyl sites for hydroxylation is 1. The maximum absolute atomic E-state index is 6.14. The molecule has 94 valence electrons. The normalized spacial score (nSPS) is 10.7. The summed E-state index contributed by atoms with van der Waals surface area (Å²) in [5, 5.41) is 1.47. The lowest BCUT2D eigenvalue weighted by atomic mass is 10.1. The summed E-state index contributed by atoms with van der Waals surface area (Å²) in [6, 6.07) is 5.29. The van der Waals surface area contributed by atoms with E-state index < -0.39 is 0 Å². The zero-order chi connectivity index (χ0) is 13.3. The van der Waals surface area contributed by atoms with Crippen LogP contribution in [0, 0.1) is 6.92 Å². The largest absolute Gasteiger partial charge is 0.233 e. The first-order valence-corrected chi connectivity index (χ1v) is 6.65. The van der Waals surface area contributed by atoms with Gasteiger partial charge in [-0.05, 0) is 25.5 Å². The van der Waals surface area contributed by atoms with Gasteiger partial charge in [0, 0.05) is 11.3 Å². The summed E-state index contributed by atoms with van der Waals surface area (Å²) >= 11 is 18.4. The summed E-state index contributed by atoms with van der Waals surface area (Å²) in [5.41, 5.74) is 2.42. The molecule has 1 aromatic heterocycles. The van der Waals surface area contributed by atoms with Crippen molar-refractivity contribution in [2.75, 3.05) is 0 Å². The fourth-order valence-corrected chi connectivity index (χ4v) is 2.46. The van der Waals surface area contributed by atoms with E-state index in [0.29, 0.717) is 26.6 Å². The van der Waals surface area contributed by atoms with Gasteiger partial charge in [0.2, 0.25) is 0 Å². The van der Waals surface area contributed by atoms with E-state index in [4.69, 9.17) is 34.8 Å². The van der Waals surface area contributed by atoms with Crippen molar-refractivity contribution in [3.8, 4) is 11.4 Å². The summed E-state index contributed by atoms with van der Waals surface area (Å²) in [7, 11) is 0. The molecule has 0 fully saturated rings. The second kappa shape index (κ2) is 5.43. The van der Waals surface area contributed by atoms with Gasteiger partial charge >= 0.3 is 0 Å². The van der Waals surface area contributed by atoms with E-state index in [9.17, 15) is 0 Å². The highest BCUT2D eigenvalue weighted by atomic mass is 35.5. The molecule has 5 heteroatoms. The zero-order valence-corrected chi connectivity index (χ0v) is 12.2. The van der Waals surface area contributed by atoms with Gasteiger partial charge in [-0.1, -0.05) is 47.8 Å². The van der Waals surface area contributed by atoms with Crippen molar-refractivity contribution in [1.29, 1.82) is 0 Å². The van der Waals surface area contributed by atoms with Crippen LogP contribution in [0.1, 0.15) is 18.2 Å². The Bertz CT molecular complexity index is 577. The molecule has 2 aromatic rings. The average Bonchev–Trinajstić information content (AvgIpc) is 2.33. The van der Waals surface area contributed by atoms with Crippen LogP contribution in [-0.2, 0) is 6.42 Å². The highest BCUT2D eigenvalue weighted by Gasteiger charge is 2.14. The molecule has 0 unspecified atom stereocenters. The molecule has 0 aliphatic heterocycles. The second-order valence-corrected chi connectivity index (χ2v) is 5.03. The summed E-state index contributed by atoms with van der Waals surface area (Å²) in [5.74, 6) is 0.470. The molecule has 18 heavy (non-hydrogen) atoms.